The molecule has 0 fully saturated rings. The molecule has 1 heterocycles. The lowest BCUT2D eigenvalue weighted by molar-refractivity contribution is 0.736. The summed E-state index contributed by atoms with van der Waals surface area (Å²) in [6, 6.07) is 8.08. The molecule has 70 valence electrons. The van der Waals surface area contributed by atoms with E-state index in [0.717, 1.165) is 15.5 Å². The van der Waals surface area contributed by atoms with Gasteiger partial charge in [0.15, 0.2) is 0 Å². The molecule has 0 aliphatic heterocycles. The summed E-state index contributed by atoms with van der Waals surface area (Å²) in [5.41, 5.74) is 2.03. The molecule has 4 heteroatoms. The maximum atomic E-state index is 8.49. The highest BCUT2D eigenvalue weighted by Gasteiger charge is 2.01. The van der Waals surface area contributed by atoms with Gasteiger partial charge in [-0.25, -0.2) is 4.98 Å². The average Bonchev–Trinajstić information content (AvgIpc) is 2.57. The molecule has 3 nitrogen and oxygen atoms in total. The van der Waals surface area contributed by atoms with Gasteiger partial charge in [-0.3, -0.25) is 0 Å². The van der Waals surface area contributed by atoms with Crippen LogP contribution in [0.1, 0.15) is 6.42 Å². The summed E-state index contributed by atoms with van der Waals surface area (Å²) in [6.45, 7) is 0.703. The molecule has 0 amide bonds. The normalized spacial score (nSPS) is 10.3. The van der Waals surface area contributed by atoms with Crippen LogP contribution >= 0.6 is 15.9 Å². The Morgan fingerprint density at radius 2 is 2.36 bits per heavy atom. The van der Waals surface area contributed by atoms with Crippen molar-refractivity contribution in [3.63, 3.8) is 0 Å². The van der Waals surface area contributed by atoms with Crippen LogP contribution in [0.15, 0.2) is 29.0 Å². The fraction of sp³-hybridized carbons (Fsp3) is 0.200. The smallest absolute Gasteiger partial charge is 0.0958 e. The molecule has 0 saturated carbocycles. The van der Waals surface area contributed by atoms with Gasteiger partial charge in [0.05, 0.1) is 29.9 Å². The predicted molar refractivity (Wildman–Crippen MR) is 57.7 cm³/mol. The van der Waals surface area contributed by atoms with Crippen LogP contribution in [0.2, 0.25) is 0 Å². The lowest BCUT2D eigenvalue weighted by Gasteiger charge is -1.99. The maximum Gasteiger partial charge on any atom is 0.0958 e. The van der Waals surface area contributed by atoms with Crippen molar-refractivity contribution in [3.05, 3.63) is 29.0 Å². The van der Waals surface area contributed by atoms with Crippen molar-refractivity contribution in [2.75, 3.05) is 0 Å². The number of benzene rings is 1. The minimum atomic E-state index is 0.515. The maximum absolute atomic E-state index is 8.49. The van der Waals surface area contributed by atoms with Crippen LogP contribution in [0.5, 0.6) is 0 Å². The second-order valence-electron chi connectivity index (χ2n) is 2.98. The van der Waals surface area contributed by atoms with Gasteiger partial charge >= 0.3 is 0 Å². The first-order valence-electron chi connectivity index (χ1n) is 4.28. The summed E-state index contributed by atoms with van der Waals surface area (Å²) in [7, 11) is 0. The Kier molecular flexibility index (Phi) is 2.51. The third-order valence-corrected chi connectivity index (χ3v) is 2.54. The fourth-order valence-electron chi connectivity index (χ4n) is 1.39. The Morgan fingerprint density at radius 3 is 3.14 bits per heavy atom. The highest BCUT2D eigenvalue weighted by atomic mass is 79.9. The van der Waals surface area contributed by atoms with E-state index < -0.39 is 0 Å². The van der Waals surface area contributed by atoms with E-state index in [4.69, 9.17) is 5.26 Å². The van der Waals surface area contributed by atoms with Crippen LogP contribution in [0.25, 0.3) is 11.0 Å². The minimum Gasteiger partial charge on any atom is -0.330 e. The summed E-state index contributed by atoms with van der Waals surface area (Å²) in [5.74, 6) is 0. The van der Waals surface area contributed by atoms with Crippen LogP contribution in [-0.4, -0.2) is 9.55 Å². The third-order valence-electron chi connectivity index (χ3n) is 2.05. The van der Waals surface area contributed by atoms with Crippen LogP contribution < -0.4 is 0 Å². The van der Waals surface area contributed by atoms with E-state index in [1.807, 2.05) is 22.8 Å². The van der Waals surface area contributed by atoms with Gasteiger partial charge in [-0.05, 0) is 18.2 Å². The standard InChI is InChI=1S/C10H8BrN3/c11-8-2-3-10-9(6-8)13-7-14(10)5-1-4-12/h2-3,6-7H,1,5H2. The molecule has 0 spiro atoms. The fourth-order valence-corrected chi connectivity index (χ4v) is 1.73. The van der Waals surface area contributed by atoms with Gasteiger partial charge in [-0.2, -0.15) is 5.26 Å². The molecule has 2 aromatic rings. The van der Waals surface area contributed by atoms with Gasteiger partial charge in [0.1, 0.15) is 0 Å². The van der Waals surface area contributed by atoms with Crippen LogP contribution in [-0.2, 0) is 6.54 Å². The Bertz CT molecular complexity index is 496. The summed E-state index contributed by atoms with van der Waals surface area (Å²) in [5, 5.41) is 8.49. The molecule has 0 aliphatic rings. The van der Waals surface area contributed by atoms with Crippen LogP contribution in [0, 0.1) is 11.3 Å². The summed E-state index contributed by atoms with van der Waals surface area (Å²) >= 11 is 3.39. The first-order chi connectivity index (χ1) is 6.81. The van der Waals surface area contributed by atoms with Crippen molar-refractivity contribution >= 4 is 27.0 Å². The molecule has 0 bridgehead atoms. The molecule has 0 N–H and O–H groups in total. The lowest BCUT2D eigenvalue weighted by Crippen LogP contribution is -1.94. The van der Waals surface area contributed by atoms with E-state index in [-0.39, 0.29) is 0 Å². The van der Waals surface area contributed by atoms with Crippen molar-refractivity contribution in [1.29, 1.82) is 5.26 Å². The quantitative estimate of drug-likeness (QED) is 0.822. The van der Waals surface area contributed by atoms with E-state index in [9.17, 15) is 0 Å². The molecular formula is C10H8BrN3. The summed E-state index contributed by atoms with van der Waals surface area (Å²) < 4.78 is 3.01. The first-order valence-corrected chi connectivity index (χ1v) is 5.08. The van der Waals surface area contributed by atoms with Crippen molar-refractivity contribution < 1.29 is 0 Å². The second-order valence-corrected chi connectivity index (χ2v) is 3.89. The molecule has 0 saturated heterocycles. The number of nitrogens with zero attached hydrogens (tertiary/aromatic N) is 3. The Morgan fingerprint density at radius 1 is 1.50 bits per heavy atom. The monoisotopic (exact) mass is 249 g/mol. The predicted octanol–water partition coefficient (Wildman–Crippen LogP) is 2.71. The number of halogens is 1. The largest absolute Gasteiger partial charge is 0.330 e. The van der Waals surface area contributed by atoms with E-state index >= 15 is 0 Å². The molecule has 2 rings (SSSR count). The number of fused-ring (bicyclic) bond motifs is 1. The van der Waals surface area contributed by atoms with Crippen molar-refractivity contribution in [1.82, 2.24) is 9.55 Å². The molecule has 0 atom stereocenters. The number of hydrogen-bond acceptors (Lipinski definition) is 2. The van der Waals surface area contributed by atoms with Crippen molar-refractivity contribution in [2.45, 2.75) is 13.0 Å². The topological polar surface area (TPSA) is 41.6 Å². The Labute approximate surface area is 90.1 Å². The van der Waals surface area contributed by atoms with Gasteiger partial charge in [0, 0.05) is 11.0 Å². The van der Waals surface area contributed by atoms with Crippen LogP contribution in [0.3, 0.4) is 0 Å². The Hall–Kier alpha value is -1.34. The first kappa shape index (κ1) is 9.22. The van der Waals surface area contributed by atoms with E-state index in [1.54, 1.807) is 6.33 Å². The zero-order chi connectivity index (χ0) is 9.97. The SMILES string of the molecule is N#CCCn1cnc2cc(Br)ccc21. The van der Waals surface area contributed by atoms with E-state index in [2.05, 4.69) is 27.0 Å². The molecule has 1 aromatic carbocycles. The molecular weight excluding hydrogens is 242 g/mol. The summed E-state index contributed by atoms with van der Waals surface area (Å²) in [6.07, 6.45) is 2.29. The zero-order valence-electron chi connectivity index (χ0n) is 7.44. The lowest BCUT2D eigenvalue weighted by atomic mass is 10.3. The molecule has 0 radical (unpaired) electrons. The second kappa shape index (κ2) is 3.81. The van der Waals surface area contributed by atoms with Crippen molar-refractivity contribution in [2.24, 2.45) is 0 Å². The van der Waals surface area contributed by atoms with Gasteiger partial charge in [0.2, 0.25) is 0 Å². The number of nitriles is 1. The number of imidazole rings is 1. The molecule has 14 heavy (non-hydrogen) atoms. The summed E-state index contributed by atoms with van der Waals surface area (Å²) in [4.78, 5) is 4.26. The zero-order valence-corrected chi connectivity index (χ0v) is 9.03. The average molecular weight is 250 g/mol. The molecule has 0 unspecified atom stereocenters. The van der Waals surface area contributed by atoms with Gasteiger partial charge in [-0.1, -0.05) is 15.9 Å². The van der Waals surface area contributed by atoms with Crippen molar-refractivity contribution in [3.8, 4) is 6.07 Å². The number of aryl methyl sites for hydroxylation is 1. The number of aromatic nitrogens is 2. The molecule has 1 aromatic heterocycles. The van der Waals surface area contributed by atoms with Gasteiger partial charge in [0.25, 0.3) is 0 Å². The number of hydrogen-bond donors (Lipinski definition) is 0. The third kappa shape index (κ3) is 1.64. The van der Waals surface area contributed by atoms with Gasteiger partial charge in [-0.15, -0.1) is 0 Å². The van der Waals surface area contributed by atoms with E-state index in [0.29, 0.717) is 13.0 Å². The number of rotatable bonds is 2. The Balaban J connectivity index is 2.43. The molecule has 0 aliphatic carbocycles. The van der Waals surface area contributed by atoms with Crippen LogP contribution in [0.4, 0.5) is 0 Å². The van der Waals surface area contributed by atoms with E-state index in [1.165, 1.54) is 0 Å². The van der Waals surface area contributed by atoms with Gasteiger partial charge < -0.3 is 4.57 Å². The highest BCUT2D eigenvalue weighted by Crippen LogP contribution is 2.18. The minimum absolute atomic E-state index is 0.515. The highest BCUT2D eigenvalue weighted by molar-refractivity contribution is 9.10.